The molecule has 1 amide bonds. The number of carbonyl (C=O) groups is 1. The minimum Gasteiger partial charge on any atom is -0.405 e. The van der Waals surface area contributed by atoms with Crippen molar-refractivity contribution >= 4 is 5.91 Å². The van der Waals surface area contributed by atoms with Gasteiger partial charge < -0.3 is 9.64 Å². The third-order valence-corrected chi connectivity index (χ3v) is 5.34. The van der Waals surface area contributed by atoms with Gasteiger partial charge in [-0.15, -0.1) is 13.2 Å². The smallest absolute Gasteiger partial charge is 0.405 e. The van der Waals surface area contributed by atoms with Gasteiger partial charge in [0.1, 0.15) is 5.75 Å². The maximum absolute atomic E-state index is 12.9. The van der Waals surface area contributed by atoms with Gasteiger partial charge >= 0.3 is 6.36 Å². The first-order chi connectivity index (χ1) is 12.8. The molecule has 27 heavy (non-hydrogen) atoms. The largest absolute Gasteiger partial charge is 0.573 e. The standard InChI is InChI=1S/C21H20F3NO2/c1-13-6-7-14-8-9-25(12-15(14)10-13)20(26)18-11-17(18)16-4-2-3-5-19(16)27-21(22,23)24/h2-7,10,17-18H,8-9,11-12H2,1H3. The van der Waals surface area contributed by atoms with Gasteiger partial charge in [0.2, 0.25) is 5.91 Å². The molecule has 1 fully saturated rings. The first-order valence-corrected chi connectivity index (χ1v) is 9.04. The van der Waals surface area contributed by atoms with Crippen LogP contribution in [0.4, 0.5) is 13.2 Å². The third-order valence-electron chi connectivity index (χ3n) is 5.34. The zero-order chi connectivity index (χ0) is 19.2. The molecule has 1 aliphatic carbocycles. The summed E-state index contributed by atoms with van der Waals surface area (Å²) in [5.41, 5.74) is 4.04. The van der Waals surface area contributed by atoms with Crippen LogP contribution in [0, 0.1) is 12.8 Å². The first-order valence-electron chi connectivity index (χ1n) is 9.04. The van der Waals surface area contributed by atoms with Crippen LogP contribution in [0.2, 0.25) is 0 Å². The average Bonchev–Trinajstić information content (AvgIpc) is 3.40. The van der Waals surface area contributed by atoms with Crippen molar-refractivity contribution in [3.8, 4) is 5.75 Å². The molecule has 1 aliphatic heterocycles. The summed E-state index contributed by atoms with van der Waals surface area (Å²) in [6.45, 7) is 3.24. The molecular weight excluding hydrogens is 355 g/mol. The number of aryl methyl sites for hydroxylation is 1. The molecule has 1 saturated carbocycles. The summed E-state index contributed by atoms with van der Waals surface area (Å²) in [5.74, 6) is -0.664. The Morgan fingerprint density at radius 2 is 1.93 bits per heavy atom. The minimum absolute atomic E-state index is 0.0222. The number of ether oxygens (including phenoxy) is 1. The predicted molar refractivity (Wildman–Crippen MR) is 94.3 cm³/mol. The summed E-state index contributed by atoms with van der Waals surface area (Å²) in [7, 11) is 0. The fraction of sp³-hybridized carbons (Fsp3) is 0.381. The molecule has 4 rings (SSSR count). The van der Waals surface area contributed by atoms with Crippen molar-refractivity contribution in [2.24, 2.45) is 5.92 Å². The average molecular weight is 375 g/mol. The van der Waals surface area contributed by atoms with Gasteiger partial charge in [-0.2, -0.15) is 0 Å². The van der Waals surface area contributed by atoms with Crippen LogP contribution < -0.4 is 4.74 Å². The molecule has 2 aliphatic rings. The highest BCUT2D eigenvalue weighted by Gasteiger charge is 2.48. The molecule has 0 saturated heterocycles. The number of alkyl halides is 3. The monoisotopic (exact) mass is 375 g/mol. The summed E-state index contributed by atoms with van der Waals surface area (Å²) in [6.07, 6.45) is -3.36. The Morgan fingerprint density at radius 3 is 2.70 bits per heavy atom. The highest BCUT2D eigenvalue weighted by atomic mass is 19.4. The molecule has 2 aromatic carbocycles. The van der Waals surface area contributed by atoms with E-state index in [2.05, 4.69) is 22.9 Å². The zero-order valence-electron chi connectivity index (χ0n) is 14.9. The number of benzene rings is 2. The van der Waals surface area contributed by atoms with Crippen LogP contribution in [0.1, 0.15) is 34.6 Å². The Balaban J connectivity index is 1.47. The van der Waals surface area contributed by atoms with Crippen molar-refractivity contribution in [2.45, 2.75) is 38.6 Å². The second kappa shape index (κ2) is 6.59. The lowest BCUT2D eigenvalue weighted by atomic mass is 9.97. The molecule has 2 unspecified atom stereocenters. The number of hydrogen-bond donors (Lipinski definition) is 0. The molecule has 0 bridgehead atoms. The third kappa shape index (κ3) is 3.80. The van der Waals surface area contributed by atoms with E-state index < -0.39 is 6.36 Å². The fourth-order valence-corrected chi connectivity index (χ4v) is 3.92. The highest BCUT2D eigenvalue weighted by Crippen LogP contribution is 2.52. The van der Waals surface area contributed by atoms with Crippen molar-refractivity contribution < 1.29 is 22.7 Å². The van der Waals surface area contributed by atoms with E-state index in [0.717, 1.165) is 17.5 Å². The van der Waals surface area contributed by atoms with E-state index in [1.807, 2.05) is 11.8 Å². The Bertz CT molecular complexity index is 878. The quantitative estimate of drug-likeness (QED) is 0.786. The van der Waals surface area contributed by atoms with E-state index >= 15 is 0 Å². The summed E-state index contributed by atoms with van der Waals surface area (Å²) >= 11 is 0. The second-order valence-electron chi connectivity index (χ2n) is 7.32. The number of para-hydroxylation sites is 1. The van der Waals surface area contributed by atoms with Crippen LogP contribution in [0.3, 0.4) is 0 Å². The lowest BCUT2D eigenvalue weighted by Gasteiger charge is -2.29. The van der Waals surface area contributed by atoms with Crippen LogP contribution in [-0.2, 0) is 17.8 Å². The van der Waals surface area contributed by atoms with E-state index in [-0.39, 0.29) is 23.5 Å². The van der Waals surface area contributed by atoms with Crippen molar-refractivity contribution in [1.29, 1.82) is 0 Å². The van der Waals surface area contributed by atoms with Gasteiger partial charge in [-0.25, -0.2) is 0 Å². The van der Waals surface area contributed by atoms with E-state index in [1.54, 1.807) is 12.1 Å². The normalized spacial score (nSPS) is 21.6. The van der Waals surface area contributed by atoms with Gasteiger partial charge in [0.15, 0.2) is 0 Å². The molecule has 2 atom stereocenters. The van der Waals surface area contributed by atoms with Gasteiger partial charge in [0, 0.05) is 19.0 Å². The van der Waals surface area contributed by atoms with Crippen LogP contribution in [-0.4, -0.2) is 23.7 Å². The molecule has 0 aromatic heterocycles. The minimum atomic E-state index is -4.74. The van der Waals surface area contributed by atoms with Crippen molar-refractivity contribution in [3.63, 3.8) is 0 Å². The van der Waals surface area contributed by atoms with Gasteiger partial charge in [-0.1, -0.05) is 42.0 Å². The molecular formula is C21H20F3NO2. The SMILES string of the molecule is Cc1ccc2c(c1)CN(C(=O)C1CC1c1ccccc1OC(F)(F)F)CC2. The fourth-order valence-electron chi connectivity index (χ4n) is 3.92. The number of carbonyl (C=O) groups excluding carboxylic acids is 1. The molecule has 0 N–H and O–H groups in total. The van der Waals surface area contributed by atoms with Gasteiger partial charge in [-0.3, -0.25) is 4.79 Å². The summed E-state index contributed by atoms with van der Waals surface area (Å²) < 4.78 is 42.0. The topological polar surface area (TPSA) is 29.5 Å². The van der Waals surface area contributed by atoms with E-state index in [0.29, 0.717) is 25.1 Å². The zero-order valence-corrected chi connectivity index (χ0v) is 14.9. The van der Waals surface area contributed by atoms with Gasteiger partial charge in [0.05, 0.1) is 0 Å². The molecule has 3 nitrogen and oxygen atoms in total. The van der Waals surface area contributed by atoms with Crippen molar-refractivity contribution in [1.82, 2.24) is 4.90 Å². The van der Waals surface area contributed by atoms with Crippen molar-refractivity contribution in [3.05, 3.63) is 64.7 Å². The predicted octanol–water partition coefficient (Wildman–Crippen LogP) is 4.58. The number of fused-ring (bicyclic) bond motifs is 1. The first kappa shape index (κ1) is 17.9. The van der Waals surface area contributed by atoms with Gasteiger partial charge in [0.25, 0.3) is 0 Å². The lowest BCUT2D eigenvalue weighted by Crippen LogP contribution is -2.37. The van der Waals surface area contributed by atoms with E-state index in [1.165, 1.54) is 17.7 Å². The molecule has 2 aromatic rings. The van der Waals surface area contributed by atoms with Crippen LogP contribution in [0.25, 0.3) is 0 Å². The maximum atomic E-state index is 12.9. The summed E-state index contributed by atoms with van der Waals surface area (Å²) in [6, 6.07) is 12.4. The van der Waals surface area contributed by atoms with E-state index in [9.17, 15) is 18.0 Å². The molecule has 0 radical (unpaired) electrons. The highest BCUT2D eigenvalue weighted by molar-refractivity contribution is 5.83. The Kier molecular flexibility index (Phi) is 4.36. The van der Waals surface area contributed by atoms with Crippen LogP contribution in [0.15, 0.2) is 42.5 Å². The van der Waals surface area contributed by atoms with E-state index in [4.69, 9.17) is 0 Å². The lowest BCUT2D eigenvalue weighted by molar-refractivity contribution is -0.274. The number of amides is 1. The molecule has 1 heterocycles. The number of nitrogens with zero attached hydrogens (tertiary/aromatic N) is 1. The van der Waals surface area contributed by atoms with Crippen LogP contribution in [0.5, 0.6) is 5.75 Å². The Morgan fingerprint density at radius 1 is 1.15 bits per heavy atom. The maximum Gasteiger partial charge on any atom is 0.573 e. The molecule has 0 spiro atoms. The molecule has 142 valence electrons. The second-order valence-corrected chi connectivity index (χ2v) is 7.32. The number of halogens is 3. The number of hydrogen-bond acceptors (Lipinski definition) is 2. The summed E-state index contributed by atoms with van der Waals surface area (Å²) in [4.78, 5) is 14.7. The van der Waals surface area contributed by atoms with Crippen LogP contribution >= 0.6 is 0 Å². The number of rotatable bonds is 3. The Hall–Kier alpha value is -2.50. The Labute approximate surface area is 155 Å². The van der Waals surface area contributed by atoms with Crippen molar-refractivity contribution in [2.75, 3.05) is 6.54 Å². The van der Waals surface area contributed by atoms with Gasteiger partial charge in [-0.05, 0) is 48.4 Å². The molecule has 6 heteroatoms. The summed E-state index contributed by atoms with van der Waals surface area (Å²) in [5, 5.41) is 0.